The van der Waals surface area contributed by atoms with Crippen molar-refractivity contribution in [2.24, 2.45) is 5.73 Å². The van der Waals surface area contributed by atoms with Crippen molar-refractivity contribution in [1.82, 2.24) is 10.2 Å². The smallest absolute Gasteiger partial charge is 0.248 e. The standard InChI is InChI=1S/C22H20FN5O/c1-22(2,17-6-8-18(23)9-7-17)13-26-21-16(12-24)11-19(27-28-21)14-4-3-5-15(10-14)20(25)29/h3-11H,13H2,1-2H3,(H2,25,29)(H,26,28). The Bertz CT molecular complexity index is 1090. The van der Waals surface area contributed by atoms with Crippen LogP contribution in [0.1, 0.15) is 35.3 Å². The van der Waals surface area contributed by atoms with Gasteiger partial charge in [0, 0.05) is 23.1 Å². The van der Waals surface area contributed by atoms with E-state index in [-0.39, 0.29) is 11.2 Å². The molecule has 0 aliphatic rings. The van der Waals surface area contributed by atoms with E-state index in [1.807, 2.05) is 13.8 Å². The number of carbonyl (C=O) groups is 1. The minimum Gasteiger partial charge on any atom is -0.367 e. The number of carbonyl (C=O) groups excluding carboxylic acids is 1. The van der Waals surface area contributed by atoms with Crippen LogP contribution >= 0.6 is 0 Å². The van der Waals surface area contributed by atoms with Crippen LogP contribution in [0.2, 0.25) is 0 Å². The second-order valence-corrected chi connectivity index (χ2v) is 7.29. The molecule has 3 rings (SSSR count). The van der Waals surface area contributed by atoms with Gasteiger partial charge in [-0.05, 0) is 35.9 Å². The largest absolute Gasteiger partial charge is 0.367 e. The molecule has 0 unspecified atom stereocenters. The number of amides is 1. The van der Waals surface area contributed by atoms with Crippen LogP contribution in [-0.4, -0.2) is 22.6 Å². The monoisotopic (exact) mass is 389 g/mol. The van der Waals surface area contributed by atoms with Crippen molar-refractivity contribution >= 4 is 11.7 Å². The highest BCUT2D eigenvalue weighted by Gasteiger charge is 2.21. The summed E-state index contributed by atoms with van der Waals surface area (Å²) in [6.45, 7) is 4.49. The molecule has 0 aliphatic carbocycles. The van der Waals surface area contributed by atoms with Gasteiger partial charge in [-0.3, -0.25) is 4.79 Å². The molecule has 3 N–H and O–H groups in total. The molecule has 0 aliphatic heterocycles. The second-order valence-electron chi connectivity index (χ2n) is 7.29. The van der Waals surface area contributed by atoms with Crippen LogP contribution in [0.25, 0.3) is 11.3 Å². The molecular weight excluding hydrogens is 369 g/mol. The van der Waals surface area contributed by atoms with Crippen LogP contribution in [0.4, 0.5) is 10.2 Å². The lowest BCUT2D eigenvalue weighted by Crippen LogP contribution is -2.28. The van der Waals surface area contributed by atoms with Gasteiger partial charge in [-0.25, -0.2) is 4.39 Å². The Hall–Kier alpha value is -3.79. The number of nitrogens with two attached hydrogens (primary N) is 1. The van der Waals surface area contributed by atoms with Gasteiger partial charge in [-0.2, -0.15) is 5.26 Å². The van der Waals surface area contributed by atoms with E-state index in [4.69, 9.17) is 5.73 Å². The van der Waals surface area contributed by atoms with E-state index in [0.717, 1.165) is 5.56 Å². The average Bonchev–Trinajstić information content (AvgIpc) is 2.72. The fraction of sp³-hybridized carbons (Fsp3) is 0.182. The molecule has 1 aromatic heterocycles. The van der Waals surface area contributed by atoms with Crippen LogP contribution in [-0.2, 0) is 5.41 Å². The lowest BCUT2D eigenvalue weighted by molar-refractivity contribution is 0.100. The summed E-state index contributed by atoms with van der Waals surface area (Å²) in [5.74, 6) is -0.467. The van der Waals surface area contributed by atoms with E-state index in [2.05, 4.69) is 21.6 Å². The predicted octanol–water partition coefficient (Wildman–Crippen LogP) is 3.64. The zero-order valence-corrected chi connectivity index (χ0v) is 16.1. The third-order valence-corrected chi connectivity index (χ3v) is 4.68. The Kier molecular flexibility index (Phi) is 5.55. The molecule has 0 fully saturated rings. The summed E-state index contributed by atoms with van der Waals surface area (Å²) >= 11 is 0. The van der Waals surface area contributed by atoms with Gasteiger partial charge in [-0.1, -0.05) is 38.1 Å². The van der Waals surface area contributed by atoms with E-state index in [1.165, 1.54) is 12.1 Å². The molecule has 146 valence electrons. The maximum atomic E-state index is 13.2. The molecule has 29 heavy (non-hydrogen) atoms. The number of primary amides is 1. The van der Waals surface area contributed by atoms with Crippen molar-refractivity contribution in [3.63, 3.8) is 0 Å². The number of rotatable bonds is 6. The summed E-state index contributed by atoms with van der Waals surface area (Å²) < 4.78 is 13.2. The molecule has 0 spiro atoms. The van der Waals surface area contributed by atoms with E-state index in [0.29, 0.717) is 34.7 Å². The van der Waals surface area contributed by atoms with Gasteiger partial charge >= 0.3 is 0 Å². The van der Waals surface area contributed by atoms with Crippen molar-refractivity contribution in [2.75, 3.05) is 11.9 Å². The molecule has 0 saturated carbocycles. The molecule has 1 heterocycles. The summed E-state index contributed by atoms with van der Waals surface area (Å²) in [4.78, 5) is 11.4. The van der Waals surface area contributed by atoms with Crippen molar-refractivity contribution in [2.45, 2.75) is 19.3 Å². The summed E-state index contributed by atoms with van der Waals surface area (Å²) in [6.07, 6.45) is 0. The number of aromatic nitrogens is 2. The lowest BCUT2D eigenvalue weighted by Gasteiger charge is -2.26. The zero-order chi connectivity index (χ0) is 21.0. The van der Waals surface area contributed by atoms with Crippen LogP contribution in [0.5, 0.6) is 0 Å². The molecule has 1 amide bonds. The van der Waals surface area contributed by atoms with Gasteiger partial charge in [0.25, 0.3) is 0 Å². The lowest BCUT2D eigenvalue weighted by atomic mass is 9.84. The molecule has 0 bridgehead atoms. The predicted molar refractivity (Wildman–Crippen MR) is 109 cm³/mol. The summed E-state index contributed by atoms with van der Waals surface area (Å²) in [5, 5.41) is 21.0. The van der Waals surface area contributed by atoms with Crippen molar-refractivity contribution in [3.8, 4) is 17.3 Å². The molecule has 6 nitrogen and oxygen atoms in total. The first-order chi connectivity index (χ1) is 13.8. The zero-order valence-electron chi connectivity index (χ0n) is 16.1. The number of hydrogen-bond donors (Lipinski definition) is 2. The van der Waals surface area contributed by atoms with Gasteiger partial charge < -0.3 is 11.1 Å². The third kappa shape index (κ3) is 4.55. The van der Waals surface area contributed by atoms with Crippen LogP contribution in [0, 0.1) is 17.1 Å². The van der Waals surface area contributed by atoms with Crippen molar-refractivity contribution < 1.29 is 9.18 Å². The molecule has 3 aromatic rings. The van der Waals surface area contributed by atoms with Crippen molar-refractivity contribution in [1.29, 1.82) is 5.26 Å². The highest BCUT2D eigenvalue weighted by atomic mass is 19.1. The number of nitriles is 1. The van der Waals surface area contributed by atoms with Crippen LogP contribution in [0.3, 0.4) is 0 Å². The highest BCUT2D eigenvalue weighted by molar-refractivity contribution is 5.94. The minimum atomic E-state index is -0.540. The molecule has 2 aromatic carbocycles. The SMILES string of the molecule is CC(C)(CNc1nnc(-c2cccc(C(N)=O)c2)cc1C#N)c1ccc(F)cc1. The number of anilines is 1. The number of halogens is 1. The normalized spacial score (nSPS) is 11.0. The van der Waals surface area contributed by atoms with E-state index in [1.54, 1.807) is 42.5 Å². The van der Waals surface area contributed by atoms with E-state index < -0.39 is 5.91 Å². The molecule has 0 radical (unpaired) electrons. The number of nitrogens with one attached hydrogen (secondary N) is 1. The number of nitrogens with zero attached hydrogens (tertiary/aromatic N) is 3. The van der Waals surface area contributed by atoms with Gasteiger partial charge in [0.15, 0.2) is 5.82 Å². The number of benzene rings is 2. The van der Waals surface area contributed by atoms with Gasteiger partial charge in [-0.15, -0.1) is 10.2 Å². The van der Waals surface area contributed by atoms with Gasteiger partial charge in [0.1, 0.15) is 11.9 Å². The Morgan fingerprint density at radius 2 is 1.90 bits per heavy atom. The van der Waals surface area contributed by atoms with Gasteiger partial charge in [0.05, 0.1) is 11.3 Å². The maximum absolute atomic E-state index is 13.2. The first kappa shape index (κ1) is 20.0. The Morgan fingerprint density at radius 3 is 2.55 bits per heavy atom. The molecule has 0 saturated heterocycles. The average molecular weight is 389 g/mol. The Labute approximate surface area is 168 Å². The highest BCUT2D eigenvalue weighted by Crippen LogP contribution is 2.26. The van der Waals surface area contributed by atoms with E-state index >= 15 is 0 Å². The van der Waals surface area contributed by atoms with E-state index in [9.17, 15) is 14.4 Å². The quantitative estimate of drug-likeness (QED) is 0.670. The first-order valence-corrected chi connectivity index (χ1v) is 8.98. The van der Waals surface area contributed by atoms with Crippen LogP contribution < -0.4 is 11.1 Å². The third-order valence-electron chi connectivity index (χ3n) is 4.68. The fourth-order valence-electron chi connectivity index (χ4n) is 2.89. The Morgan fingerprint density at radius 1 is 1.17 bits per heavy atom. The van der Waals surface area contributed by atoms with Crippen molar-refractivity contribution in [3.05, 3.63) is 77.1 Å². The summed E-state index contributed by atoms with van der Waals surface area (Å²) in [7, 11) is 0. The maximum Gasteiger partial charge on any atom is 0.248 e. The summed E-state index contributed by atoms with van der Waals surface area (Å²) in [5.41, 5.74) is 7.74. The second kappa shape index (κ2) is 8.07. The topological polar surface area (TPSA) is 105 Å². The molecule has 0 atom stereocenters. The first-order valence-electron chi connectivity index (χ1n) is 8.98. The number of hydrogen-bond acceptors (Lipinski definition) is 5. The molecular formula is C22H20FN5O. The molecule has 7 heteroatoms. The summed E-state index contributed by atoms with van der Waals surface area (Å²) in [6, 6.07) is 16.7. The van der Waals surface area contributed by atoms with Gasteiger partial charge in [0.2, 0.25) is 5.91 Å². The minimum absolute atomic E-state index is 0.286. The van der Waals surface area contributed by atoms with Crippen LogP contribution in [0.15, 0.2) is 54.6 Å². The fourth-order valence-corrected chi connectivity index (χ4v) is 2.89. The Balaban J connectivity index is 1.82.